The minimum absolute atomic E-state index is 0.0556. The van der Waals surface area contributed by atoms with Gasteiger partial charge in [0.2, 0.25) is 5.89 Å². The van der Waals surface area contributed by atoms with Crippen molar-refractivity contribution in [3.05, 3.63) is 41.8 Å². The number of hydrogen-bond donors (Lipinski definition) is 2. The van der Waals surface area contributed by atoms with Gasteiger partial charge in [0, 0.05) is 24.7 Å². The molecule has 0 aliphatic carbocycles. The molecule has 1 fully saturated rings. The summed E-state index contributed by atoms with van der Waals surface area (Å²) < 4.78 is 37.4. The Bertz CT molecular complexity index is 800. The Kier molecular flexibility index (Phi) is 6.21. The van der Waals surface area contributed by atoms with Crippen molar-refractivity contribution in [3.63, 3.8) is 0 Å². The van der Waals surface area contributed by atoms with Crippen LogP contribution in [-0.2, 0) is 4.79 Å². The summed E-state index contributed by atoms with van der Waals surface area (Å²) in [6, 6.07) is 10.00. The average Bonchev–Trinajstić information content (AvgIpc) is 2.96. The van der Waals surface area contributed by atoms with Crippen molar-refractivity contribution in [2.24, 2.45) is 0 Å². The molecular weight excluding hydrogens is 367 g/mol. The molecule has 0 radical (unpaired) electrons. The third-order valence-corrected chi connectivity index (χ3v) is 3.84. The van der Waals surface area contributed by atoms with E-state index < -0.39 is 12.1 Å². The lowest BCUT2D eigenvalue weighted by molar-refractivity contribution is -0.192. The van der Waals surface area contributed by atoms with Crippen molar-refractivity contribution >= 4 is 11.9 Å². The van der Waals surface area contributed by atoms with Crippen LogP contribution in [0.4, 0.5) is 13.2 Å². The number of amides is 1. The van der Waals surface area contributed by atoms with E-state index in [0.717, 1.165) is 18.7 Å². The van der Waals surface area contributed by atoms with Crippen molar-refractivity contribution in [1.29, 1.82) is 0 Å². The number of carboxylic acid groups (broad SMARTS) is 1. The number of carbonyl (C=O) groups is 2. The molecule has 0 bridgehead atoms. The van der Waals surface area contributed by atoms with E-state index in [9.17, 15) is 18.0 Å². The van der Waals surface area contributed by atoms with Gasteiger partial charge in [0.05, 0.1) is 0 Å². The van der Waals surface area contributed by atoms with Gasteiger partial charge in [-0.2, -0.15) is 13.2 Å². The Labute approximate surface area is 152 Å². The van der Waals surface area contributed by atoms with Crippen LogP contribution in [0.1, 0.15) is 16.2 Å². The quantitative estimate of drug-likeness (QED) is 0.842. The van der Waals surface area contributed by atoms with E-state index in [1.54, 1.807) is 11.8 Å². The van der Waals surface area contributed by atoms with E-state index in [2.05, 4.69) is 10.3 Å². The molecule has 1 aromatic heterocycles. The maximum Gasteiger partial charge on any atom is 0.490 e. The molecule has 7 nitrogen and oxygen atoms in total. The zero-order valence-corrected chi connectivity index (χ0v) is 14.6. The van der Waals surface area contributed by atoms with Gasteiger partial charge in [0.1, 0.15) is 5.76 Å². The van der Waals surface area contributed by atoms with Crippen molar-refractivity contribution in [2.45, 2.75) is 19.1 Å². The highest BCUT2D eigenvalue weighted by Gasteiger charge is 2.38. The molecule has 2 N–H and O–H groups in total. The van der Waals surface area contributed by atoms with Crippen LogP contribution in [0.2, 0.25) is 0 Å². The number of oxazole rings is 1. The van der Waals surface area contributed by atoms with Gasteiger partial charge in [0.25, 0.3) is 5.91 Å². The monoisotopic (exact) mass is 385 g/mol. The summed E-state index contributed by atoms with van der Waals surface area (Å²) in [5, 5.41) is 10.3. The topological polar surface area (TPSA) is 95.7 Å². The molecule has 0 saturated carbocycles. The second-order valence-electron chi connectivity index (χ2n) is 5.79. The molecule has 0 unspecified atom stereocenters. The van der Waals surface area contributed by atoms with E-state index in [-0.39, 0.29) is 5.91 Å². The van der Waals surface area contributed by atoms with Crippen molar-refractivity contribution < 1.29 is 32.3 Å². The van der Waals surface area contributed by atoms with Gasteiger partial charge in [0.15, 0.2) is 5.69 Å². The van der Waals surface area contributed by atoms with Gasteiger partial charge >= 0.3 is 12.1 Å². The fourth-order valence-electron chi connectivity index (χ4n) is 2.28. The normalized spacial score (nSPS) is 14.2. The molecule has 146 valence electrons. The Hall–Kier alpha value is -2.88. The standard InChI is InChI=1S/C15H17N3O2.C2HF3O2/c1-10-13(15(19)18-8-12(9-18)16-2)17-14(20-10)11-6-4-3-5-7-11;3-2(4,5)1(6)7/h3-7,12,16H,8-9H2,1-2H3;(H,6,7). The molecule has 3 rings (SSSR count). The number of carboxylic acids is 1. The van der Waals surface area contributed by atoms with Gasteiger partial charge < -0.3 is 19.7 Å². The molecule has 10 heteroatoms. The summed E-state index contributed by atoms with van der Waals surface area (Å²) in [6.45, 7) is 3.23. The molecule has 0 spiro atoms. The highest BCUT2D eigenvalue weighted by Crippen LogP contribution is 2.23. The number of aliphatic carboxylic acids is 1. The summed E-state index contributed by atoms with van der Waals surface area (Å²) in [7, 11) is 1.90. The summed E-state index contributed by atoms with van der Waals surface area (Å²) in [4.78, 5) is 27.4. The molecule has 27 heavy (non-hydrogen) atoms. The molecule has 1 amide bonds. The predicted molar refractivity (Wildman–Crippen MR) is 89.1 cm³/mol. The van der Waals surface area contributed by atoms with E-state index in [0.29, 0.717) is 23.4 Å². The summed E-state index contributed by atoms with van der Waals surface area (Å²) in [6.07, 6.45) is -5.08. The van der Waals surface area contributed by atoms with Gasteiger partial charge in [-0.15, -0.1) is 0 Å². The molecule has 1 saturated heterocycles. The van der Waals surface area contributed by atoms with E-state index in [1.807, 2.05) is 37.4 Å². The highest BCUT2D eigenvalue weighted by molar-refractivity contribution is 5.94. The largest absolute Gasteiger partial charge is 0.490 e. The SMILES string of the molecule is CNC1CN(C(=O)c2nc(-c3ccccc3)oc2C)C1.O=C(O)C(F)(F)F. The number of aromatic nitrogens is 1. The number of halogens is 3. The second kappa shape index (κ2) is 8.21. The molecule has 2 heterocycles. The number of nitrogens with zero attached hydrogens (tertiary/aromatic N) is 2. The van der Waals surface area contributed by atoms with E-state index in [1.165, 1.54) is 0 Å². The third-order valence-electron chi connectivity index (χ3n) is 3.84. The van der Waals surface area contributed by atoms with Crippen LogP contribution in [0.15, 0.2) is 34.7 Å². The van der Waals surface area contributed by atoms with Crippen LogP contribution in [0.3, 0.4) is 0 Å². The highest BCUT2D eigenvalue weighted by atomic mass is 19.4. The number of hydrogen-bond acceptors (Lipinski definition) is 5. The lowest BCUT2D eigenvalue weighted by atomic mass is 10.1. The van der Waals surface area contributed by atoms with Gasteiger partial charge in [-0.1, -0.05) is 18.2 Å². The lowest BCUT2D eigenvalue weighted by Crippen LogP contribution is -2.59. The Morgan fingerprint density at radius 3 is 2.30 bits per heavy atom. The third kappa shape index (κ3) is 5.07. The van der Waals surface area contributed by atoms with Crippen molar-refractivity contribution in [2.75, 3.05) is 20.1 Å². The smallest absolute Gasteiger partial charge is 0.475 e. The number of nitrogens with one attached hydrogen (secondary N) is 1. The number of aryl methyl sites for hydroxylation is 1. The number of rotatable bonds is 3. The van der Waals surface area contributed by atoms with Gasteiger partial charge in [-0.05, 0) is 26.1 Å². The van der Waals surface area contributed by atoms with E-state index >= 15 is 0 Å². The summed E-state index contributed by atoms with van der Waals surface area (Å²) >= 11 is 0. The molecule has 0 atom stereocenters. The molecule has 1 aliphatic rings. The number of likely N-dealkylation sites (N-methyl/N-ethyl adjacent to an activating group) is 1. The number of carbonyl (C=O) groups excluding carboxylic acids is 1. The van der Waals surface area contributed by atoms with E-state index in [4.69, 9.17) is 14.3 Å². The average molecular weight is 385 g/mol. The van der Waals surface area contributed by atoms with Crippen molar-refractivity contribution in [1.82, 2.24) is 15.2 Å². The van der Waals surface area contributed by atoms with Crippen molar-refractivity contribution in [3.8, 4) is 11.5 Å². The number of alkyl halides is 3. The first kappa shape index (κ1) is 20.4. The van der Waals surface area contributed by atoms with Crippen LogP contribution < -0.4 is 5.32 Å². The maximum atomic E-state index is 12.3. The Morgan fingerprint density at radius 2 is 1.81 bits per heavy atom. The predicted octanol–water partition coefficient (Wildman–Crippen LogP) is 2.33. The Morgan fingerprint density at radius 1 is 1.26 bits per heavy atom. The summed E-state index contributed by atoms with van der Waals surface area (Å²) in [5.74, 6) is -1.74. The Balaban J connectivity index is 0.000000321. The fourth-order valence-corrected chi connectivity index (χ4v) is 2.28. The number of likely N-dealkylation sites (tertiary alicyclic amines) is 1. The first-order valence-electron chi connectivity index (χ1n) is 7.93. The minimum atomic E-state index is -5.08. The number of benzene rings is 1. The minimum Gasteiger partial charge on any atom is -0.475 e. The first-order chi connectivity index (χ1) is 12.6. The van der Waals surface area contributed by atoms with Crippen LogP contribution in [0.5, 0.6) is 0 Å². The first-order valence-corrected chi connectivity index (χ1v) is 7.93. The van der Waals surface area contributed by atoms with Crippen LogP contribution in [0, 0.1) is 6.92 Å². The molecule has 1 aromatic carbocycles. The maximum absolute atomic E-state index is 12.3. The fraction of sp³-hybridized carbons (Fsp3) is 0.353. The lowest BCUT2D eigenvalue weighted by Gasteiger charge is -2.38. The van der Waals surface area contributed by atoms with Crippen LogP contribution in [0.25, 0.3) is 11.5 Å². The van der Waals surface area contributed by atoms with Crippen LogP contribution in [-0.4, -0.2) is 59.2 Å². The van der Waals surface area contributed by atoms with Gasteiger partial charge in [-0.25, -0.2) is 9.78 Å². The molecule has 1 aliphatic heterocycles. The second-order valence-corrected chi connectivity index (χ2v) is 5.79. The van der Waals surface area contributed by atoms with Crippen LogP contribution >= 0.6 is 0 Å². The zero-order chi connectivity index (χ0) is 20.2. The molecule has 2 aromatic rings. The summed E-state index contributed by atoms with van der Waals surface area (Å²) in [5.41, 5.74) is 1.30. The molecular formula is C17H18F3N3O4. The van der Waals surface area contributed by atoms with Gasteiger partial charge in [-0.3, -0.25) is 4.79 Å². The zero-order valence-electron chi connectivity index (χ0n) is 14.6.